The molecule has 0 fully saturated rings. The van der Waals surface area contributed by atoms with Crippen LogP contribution in [0, 0.1) is 0 Å². The zero-order valence-electron chi connectivity index (χ0n) is 22.2. The Bertz CT molecular complexity index is 1750. The van der Waals surface area contributed by atoms with Gasteiger partial charge in [-0.25, -0.2) is 16.8 Å². The summed E-state index contributed by atoms with van der Waals surface area (Å²) in [6.07, 6.45) is 0.828. The molecule has 0 aromatic heterocycles. The minimum absolute atomic E-state index is 0.0950. The molecular weight excluding hydrogens is 613 g/mol. The number of ketones is 1. The van der Waals surface area contributed by atoms with Crippen LogP contribution in [0.3, 0.4) is 0 Å². The van der Waals surface area contributed by atoms with Crippen LogP contribution >= 0.6 is 19.2 Å². The molecule has 0 heterocycles. The minimum Gasteiger partial charge on any atom is -0.497 e. The van der Waals surface area contributed by atoms with Crippen LogP contribution in [0.5, 0.6) is 5.75 Å². The van der Waals surface area contributed by atoms with Crippen LogP contribution in [0.1, 0.15) is 29.8 Å². The molecule has 4 rings (SSSR count). The van der Waals surface area contributed by atoms with E-state index in [1.165, 1.54) is 93.8 Å². The summed E-state index contributed by atoms with van der Waals surface area (Å²) < 4.78 is 88.9. The van der Waals surface area contributed by atoms with E-state index < -0.39 is 43.4 Å². The van der Waals surface area contributed by atoms with E-state index in [4.69, 9.17) is 25.4 Å². The predicted octanol–water partition coefficient (Wildman–Crippen LogP) is 5.30. The van der Waals surface area contributed by atoms with E-state index >= 15 is 0 Å². The third-order valence-electron chi connectivity index (χ3n) is 6.25. The first-order valence-electron chi connectivity index (χ1n) is 12.3. The molecule has 0 amide bonds. The van der Waals surface area contributed by atoms with Gasteiger partial charge in [0.05, 0.1) is 30.1 Å². The summed E-state index contributed by atoms with van der Waals surface area (Å²) >= 11 is 5.94. The van der Waals surface area contributed by atoms with Gasteiger partial charge in [0.1, 0.15) is 10.7 Å². The lowest BCUT2D eigenvalue weighted by Gasteiger charge is -2.40. The number of allylic oxidation sites excluding steroid dienone is 1. The number of sulfone groups is 1. The van der Waals surface area contributed by atoms with Crippen molar-refractivity contribution in [3.8, 4) is 5.75 Å². The molecule has 1 aliphatic rings. The number of rotatable bonds is 11. The highest BCUT2D eigenvalue weighted by Gasteiger charge is 2.58. The maximum Gasteiger partial charge on any atom is 0.360 e. The molecule has 3 aromatic carbocycles. The third-order valence-corrected chi connectivity index (χ3v) is 12.5. The number of halogens is 1. The van der Waals surface area contributed by atoms with Gasteiger partial charge >= 0.3 is 7.60 Å². The molecular formula is C27H27ClNO9PS2. The molecule has 0 spiro atoms. The summed E-state index contributed by atoms with van der Waals surface area (Å²) in [5.41, 5.74) is -0.290. The fraction of sp³-hybridized carbons (Fsp3) is 0.222. The first-order valence-corrected chi connectivity index (χ1v) is 17.2. The third kappa shape index (κ3) is 5.65. The number of Topliss-reactive ketones (excluding diaryl/α,β-unsaturated/α-hetero) is 1. The number of carbonyl (C=O) groups is 1. The highest BCUT2D eigenvalue weighted by Crippen LogP contribution is 2.66. The maximum absolute atomic E-state index is 14.7. The molecule has 1 atom stereocenters. The van der Waals surface area contributed by atoms with Crippen LogP contribution in [-0.4, -0.2) is 42.9 Å². The first-order chi connectivity index (χ1) is 19.3. The molecule has 0 bridgehead atoms. The monoisotopic (exact) mass is 639 g/mol. The van der Waals surface area contributed by atoms with Crippen LogP contribution in [0.2, 0.25) is 5.02 Å². The zero-order chi connectivity index (χ0) is 30.1. The van der Waals surface area contributed by atoms with Gasteiger partial charge in [0.15, 0.2) is 5.28 Å². The molecule has 14 heteroatoms. The van der Waals surface area contributed by atoms with Crippen molar-refractivity contribution < 1.29 is 40.0 Å². The number of ether oxygens (including phenoxy) is 1. The Morgan fingerprint density at radius 1 is 0.854 bits per heavy atom. The summed E-state index contributed by atoms with van der Waals surface area (Å²) in [6, 6.07) is 16.1. The SMILES string of the molecule is CCOP(=O)(OCC)C1(NS(=O)(=O)c2ccc(OC)cc2)C=C(S(=O)(=O)c2ccc(Cl)cc2)C(=O)c2ccccc21. The number of methoxy groups -OCH3 is 1. The molecule has 0 saturated carbocycles. The second-order valence-electron chi connectivity index (χ2n) is 8.72. The van der Waals surface area contributed by atoms with E-state index in [0.717, 1.165) is 6.08 Å². The van der Waals surface area contributed by atoms with Crippen molar-refractivity contribution in [1.29, 1.82) is 0 Å². The van der Waals surface area contributed by atoms with Gasteiger partial charge < -0.3 is 13.8 Å². The summed E-state index contributed by atoms with van der Waals surface area (Å²) in [5, 5.41) is -2.20. The second-order valence-corrected chi connectivity index (χ2v) is 15.0. The zero-order valence-corrected chi connectivity index (χ0v) is 25.5. The topological polar surface area (TPSA) is 142 Å². The highest BCUT2D eigenvalue weighted by atomic mass is 35.5. The van der Waals surface area contributed by atoms with Crippen molar-refractivity contribution in [1.82, 2.24) is 4.72 Å². The average Bonchev–Trinajstić information content (AvgIpc) is 2.95. The van der Waals surface area contributed by atoms with Gasteiger partial charge in [0.2, 0.25) is 25.6 Å². The van der Waals surface area contributed by atoms with Gasteiger partial charge in [-0.3, -0.25) is 9.36 Å². The van der Waals surface area contributed by atoms with Crippen LogP contribution in [-0.2, 0) is 38.8 Å². The van der Waals surface area contributed by atoms with Crippen LogP contribution in [0.25, 0.3) is 0 Å². The average molecular weight is 640 g/mol. The Morgan fingerprint density at radius 3 is 1.98 bits per heavy atom. The van der Waals surface area contributed by atoms with Gasteiger partial charge in [-0.2, -0.15) is 4.72 Å². The van der Waals surface area contributed by atoms with Crippen molar-refractivity contribution in [2.45, 2.75) is 28.9 Å². The summed E-state index contributed by atoms with van der Waals surface area (Å²) in [4.78, 5) is 12.4. The molecule has 218 valence electrons. The maximum atomic E-state index is 14.7. The lowest BCUT2D eigenvalue weighted by molar-refractivity contribution is 0.103. The molecule has 1 aliphatic carbocycles. The van der Waals surface area contributed by atoms with E-state index in [2.05, 4.69) is 4.72 Å². The van der Waals surface area contributed by atoms with Crippen molar-refractivity contribution in [3.63, 3.8) is 0 Å². The molecule has 0 radical (unpaired) electrons. The predicted molar refractivity (Wildman–Crippen MR) is 153 cm³/mol. The summed E-state index contributed by atoms with van der Waals surface area (Å²) in [5.74, 6) is -0.535. The van der Waals surface area contributed by atoms with E-state index in [9.17, 15) is 26.2 Å². The summed E-state index contributed by atoms with van der Waals surface area (Å²) in [7, 11) is -12.4. The summed E-state index contributed by atoms with van der Waals surface area (Å²) in [6.45, 7) is 2.66. The number of sulfonamides is 1. The molecule has 0 saturated heterocycles. The number of fused-ring (bicyclic) bond motifs is 1. The van der Waals surface area contributed by atoms with Gasteiger partial charge in [-0.1, -0.05) is 35.9 Å². The van der Waals surface area contributed by atoms with E-state index in [1.807, 2.05) is 0 Å². The molecule has 1 unspecified atom stereocenters. The molecule has 0 aliphatic heterocycles. The fourth-order valence-electron chi connectivity index (χ4n) is 4.39. The Balaban J connectivity index is 2.08. The Hall–Kier alpha value is -2.83. The Morgan fingerprint density at radius 2 is 1.41 bits per heavy atom. The highest BCUT2D eigenvalue weighted by molar-refractivity contribution is 7.96. The van der Waals surface area contributed by atoms with Crippen LogP contribution < -0.4 is 9.46 Å². The fourth-order valence-corrected chi connectivity index (χ4v) is 9.97. The van der Waals surface area contributed by atoms with Crippen molar-refractivity contribution in [2.75, 3.05) is 20.3 Å². The van der Waals surface area contributed by atoms with E-state index in [1.54, 1.807) is 0 Å². The largest absolute Gasteiger partial charge is 0.497 e. The van der Waals surface area contributed by atoms with E-state index in [-0.39, 0.29) is 39.2 Å². The van der Waals surface area contributed by atoms with Crippen LogP contribution in [0.15, 0.2) is 93.6 Å². The molecule has 3 aromatic rings. The van der Waals surface area contributed by atoms with Gasteiger partial charge in [-0.05, 0) is 68.5 Å². The van der Waals surface area contributed by atoms with Crippen molar-refractivity contribution in [2.24, 2.45) is 0 Å². The molecule has 1 N–H and O–H groups in total. The van der Waals surface area contributed by atoms with Crippen LogP contribution in [0.4, 0.5) is 0 Å². The smallest absolute Gasteiger partial charge is 0.360 e. The number of hydrogen-bond donors (Lipinski definition) is 1. The normalized spacial score (nSPS) is 17.6. The van der Waals surface area contributed by atoms with Gasteiger partial charge in [-0.15, -0.1) is 0 Å². The second kappa shape index (κ2) is 11.8. The number of hydrogen-bond acceptors (Lipinski definition) is 9. The number of benzene rings is 3. The number of nitrogens with one attached hydrogen (secondary N) is 1. The van der Waals surface area contributed by atoms with E-state index in [0.29, 0.717) is 5.75 Å². The van der Waals surface area contributed by atoms with Gasteiger partial charge in [0, 0.05) is 16.1 Å². The Kier molecular flexibility index (Phi) is 8.96. The number of carbonyl (C=O) groups excluding carboxylic acids is 1. The Labute approximate surface area is 243 Å². The van der Waals surface area contributed by atoms with Crippen molar-refractivity contribution in [3.05, 3.63) is 99.9 Å². The first kappa shape index (κ1) is 31.1. The van der Waals surface area contributed by atoms with Crippen molar-refractivity contribution >= 4 is 44.8 Å². The minimum atomic E-state index is -4.65. The quantitative estimate of drug-likeness (QED) is 0.277. The molecule has 41 heavy (non-hydrogen) atoms. The molecule has 10 nitrogen and oxygen atoms in total. The standard InChI is InChI=1S/C27H27ClNO9PS2/c1-4-37-39(31,38-5-2)27(29-41(34,35)22-16-12-20(36-3)13-17-22)18-25(26(30)23-8-6-7-9-24(23)27)40(32,33)21-14-10-19(28)11-15-21/h6-18,29H,4-5H2,1-3H3. The van der Waals surface area contributed by atoms with Gasteiger partial charge in [0.25, 0.3) is 0 Å². The lowest BCUT2D eigenvalue weighted by Crippen LogP contribution is -2.48. The lowest BCUT2D eigenvalue weighted by atomic mass is 9.92.